The molecule has 0 bridgehead atoms. The lowest BCUT2D eigenvalue weighted by Gasteiger charge is -2.37. The first-order valence-corrected chi connectivity index (χ1v) is 9.62. The van der Waals surface area contributed by atoms with Crippen molar-refractivity contribution < 1.29 is 8.42 Å². The monoisotopic (exact) mass is 351 g/mol. The lowest BCUT2D eigenvalue weighted by atomic mass is 10.2. The van der Waals surface area contributed by atoms with Crippen molar-refractivity contribution in [2.75, 3.05) is 42.2 Å². The summed E-state index contributed by atoms with van der Waals surface area (Å²) in [5.74, 6) is 0.547. The van der Waals surface area contributed by atoms with Crippen LogP contribution in [0, 0.1) is 0 Å². The van der Waals surface area contributed by atoms with Gasteiger partial charge in [-0.05, 0) is 36.4 Å². The number of piperazine rings is 1. The average molecular weight is 352 g/mol. The highest BCUT2D eigenvalue weighted by atomic mass is 35.5. The van der Waals surface area contributed by atoms with Crippen LogP contribution in [-0.4, -0.2) is 45.8 Å². The molecule has 0 unspecified atom stereocenters. The summed E-state index contributed by atoms with van der Waals surface area (Å²) >= 11 is 5.92. The molecular weight excluding hydrogens is 334 g/mol. The first-order valence-electron chi connectivity index (χ1n) is 7.36. The molecule has 122 valence electrons. The molecule has 1 aliphatic heterocycles. The molecule has 0 amide bonds. The van der Waals surface area contributed by atoms with Gasteiger partial charge in [0.15, 0.2) is 9.84 Å². The number of rotatable bonds is 3. The summed E-state index contributed by atoms with van der Waals surface area (Å²) in [5.41, 5.74) is 1.12. The van der Waals surface area contributed by atoms with Gasteiger partial charge in [-0.2, -0.15) is 0 Å². The fourth-order valence-electron chi connectivity index (χ4n) is 2.74. The summed E-state index contributed by atoms with van der Waals surface area (Å²) in [6.07, 6.45) is 2.85. The first-order chi connectivity index (χ1) is 10.9. The van der Waals surface area contributed by atoms with E-state index >= 15 is 0 Å². The largest absolute Gasteiger partial charge is 0.368 e. The van der Waals surface area contributed by atoms with Gasteiger partial charge >= 0.3 is 0 Å². The zero-order valence-corrected chi connectivity index (χ0v) is 14.4. The second kappa shape index (κ2) is 6.37. The third kappa shape index (κ3) is 3.59. The maximum atomic E-state index is 11.9. The number of hydrogen-bond acceptors (Lipinski definition) is 5. The van der Waals surface area contributed by atoms with Gasteiger partial charge in [0.1, 0.15) is 10.7 Å². The molecule has 5 nitrogen and oxygen atoms in total. The molecule has 0 radical (unpaired) electrons. The summed E-state index contributed by atoms with van der Waals surface area (Å²) < 4.78 is 23.8. The highest BCUT2D eigenvalue weighted by Gasteiger charge is 2.23. The molecule has 23 heavy (non-hydrogen) atoms. The molecule has 1 aromatic carbocycles. The maximum Gasteiger partial charge on any atom is 0.179 e. The Morgan fingerprint density at radius 2 is 1.61 bits per heavy atom. The van der Waals surface area contributed by atoms with Gasteiger partial charge in [0.05, 0.1) is 0 Å². The standard InChI is InChI=1S/C16H18ClN3O2S/c1-23(21,22)15-3-2-8-18-16(15)20-11-9-19(10-12-20)14-6-4-13(17)5-7-14/h2-8H,9-12H2,1H3. The quantitative estimate of drug-likeness (QED) is 0.850. The fourth-order valence-corrected chi connectivity index (χ4v) is 3.70. The first kappa shape index (κ1) is 16.1. The van der Waals surface area contributed by atoms with Crippen molar-refractivity contribution in [2.24, 2.45) is 0 Å². The van der Waals surface area contributed by atoms with Crippen LogP contribution in [0.5, 0.6) is 0 Å². The zero-order valence-electron chi connectivity index (χ0n) is 12.8. The normalized spacial score (nSPS) is 15.7. The summed E-state index contributed by atoms with van der Waals surface area (Å²) in [4.78, 5) is 8.87. The number of benzene rings is 1. The molecule has 0 spiro atoms. The maximum absolute atomic E-state index is 11.9. The van der Waals surface area contributed by atoms with Crippen molar-refractivity contribution in [3.05, 3.63) is 47.6 Å². The summed E-state index contributed by atoms with van der Waals surface area (Å²) in [5, 5.41) is 0.721. The minimum atomic E-state index is -3.29. The van der Waals surface area contributed by atoms with Crippen LogP contribution in [0.3, 0.4) is 0 Å². The Labute approximate surface area is 141 Å². The number of nitrogens with zero attached hydrogens (tertiary/aromatic N) is 3. The van der Waals surface area contributed by atoms with Crippen LogP contribution in [0.2, 0.25) is 5.02 Å². The van der Waals surface area contributed by atoms with Crippen LogP contribution < -0.4 is 9.80 Å². The van der Waals surface area contributed by atoms with Gasteiger partial charge in [0.2, 0.25) is 0 Å². The lowest BCUT2D eigenvalue weighted by Crippen LogP contribution is -2.47. The third-order valence-corrected chi connectivity index (χ3v) is 5.29. The van der Waals surface area contributed by atoms with Gasteiger partial charge in [-0.25, -0.2) is 13.4 Å². The second-order valence-corrected chi connectivity index (χ2v) is 7.97. The molecule has 3 rings (SSSR count). The highest BCUT2D eigenvalue weighted by Crippen LogP contribution is 2.25. The summed E-state index contributed by atoms with van der Waals surface area (Å²) in [6, 6.07) is 11.0. The lowest BCUT2D eigenvalue weighted by molar-refractivity contribution is 0.598. The van der Waals surface area contributed by atoms with Crippen LogP contribution in [0.1, 0.15) is 0 Å². The van der Waals surface area contributed by atoms with Gasteiger partial charge in [0, 0.05) is 49.3 Å². The highest BCUT2D eigenvalue weighted by molar-refractivity contribution is 7.90. The Balaban J connectivity index is 1.76. The van der Waals surface area contributed by atoms with Gasteiger partial charge in [-0.1, -0.05) is 11.6 Å². The number of halogens is 1. The van der Waals surface area contributed by atoms with E-state index in [2.05, 4.69) is 9.88 Å². The van der Waals surface area contributed by atoms with Gasteiger partial charge < -0.3 is 9.80 Å². The average Bonchev–Trinajstić information content (AvgIpc) is 2.55. The fraction of sp³-hybridized carbons (Fsp3) is 0.312. The predicted octanol–water partition coefficient (Wildman–Crippen LogP) is 2.47. The molecule has 1 aliphatic rings. The number of sulfone groups is 1. The van der Waals surface area contributed by atoms with Gasteiger partial charge in [-0.15, -0.1) is 0 Å². The Morgan fingerprint density at radius 1 is 1.00 bits per heavy atom. The van der Waals surface area contributed by atoms with E-state index in [-0.39, 0.29) is 0 Å². The molecule has 0 atom stereocenters. The summed E-state index contributed by atoms with van der Waals surface area (Å²) in [6.45, 7) is 3.06. The van der Waals surface area contributed by atoms with Crippen LogP contribution in [-0.2, 0) is 9.84 Å². The van der Waals surface area contributed by atoms with E-state index in [4.69, 9.17) is 11.6 Å². The Hall–Kier alpha value is -1.79. The van der Waals surface area contributed by atoms with Crippen LogP contribution in [0.25, 0.3) is 0 Å². The van der Waals surface area contributed by atoms with Crippen molar-refractivity contribution in [2.45, 2.75) is 4.90 Å². The Morgan fingerprint density at radius 3 is 2.22 bits per heavy atom. The van der Waals surface area contributed by atoms with Crippen molar-refractivity contribution in [1.29, 1.82) is 0 Å². The second-order valence-electron chi connectivity index (χ2n) is 5.55. The van der Waals surface area contributed by atoms with E-state index in [0.717, 1.165) is 36.9 Å². The van der Waals surface area contributed by atoms with Crippen molar-refractivity contribution in [1.82, 2.24) is 4.98 Å². The van der Waals surface area contributed by atoms with Crippen molar-refractivity contribution in [3.8, 4) is 0 Å². The molecule has 2 aromatic rings. The molecule has 1 saturated heterocycles. The molecule has 0 N–H and O–H groups in total. The Bertz CT molecular complexity index is 785. The molecule has 2 heterocycles. The van der Waals surface area contributed by atoms with Gasteiger partial charge in [0.25, 0.3) is 0 Å². The van der Waals surface area contributed by atoms with Crippen LogP contribution >= 0.6 is 11.6 Å². The number of aromatic nitrogens is 1. The van der Waals surface area contributed by atoms with Crippen LogP contribution in [0.15, 0.2) is 47.5 Å². The smallest absolute Gasteiger partial charge is 0.179 e. The number of hydrogen-bond donors (Lipinski definition) is 0. The topological polar surface area (TPSA) is 53.5 Å². The summed E-state index contributed by atoms with van der Waals surface area (Å²) in [7, 11) is -3.29. The van der Waals surface area contributed by atoms with Crippen molar-refractivity contribution in [3.63, 3.8) is 0 Å². The molecule has 0 saturated carbocycles. The van der Waals surface area contributed by atoms with E-state index in [1.165, 1.54) is 6.26 Å². The van der Waals surface area contributed by atoms with E-state index < -0.39 is 9.84 Å². The molecule has 7 heteroatoms. The van der Waals surface area contributed by atoms with Crippen molar-refractivity contribution >= 4 is 32.9 Å². The number of anilines is 2. The van der Waals surface area contributed by atoms with Crippen LogP contribution in [0.4, 0.5) is 11.5 Å². The van der Waals surface area contributed by atoms with E-state index in [1.807, 2.05) is 29.2 Å². The Kier molecular flexibility index (Phi) is 4.46. The molecule has 0 aliphatic carbocycles. The minimum absolute atomic E-state index is 0.292. The number of pyridine rings is 1. The molecular formula is C16H18ClN3O2S. The predicted molar refractivity (Wildman–Crippen MR) is 93.2 cm³/mol. The molecule has 1 aromatic heterocycles. The minimum Gasteiger partial charge on any atom is -0.368 e. The van der Waals surface area contributed by atoms with E-state index in [9.17, 15) is 8.42 Å². The zero-order chi connectivity index (χ0) is 16.4. The SMILES string of the molecule is CS(=O)(=O)c1cccnc1N1CCN(c2ccc(Cl)cc2)CC1. The van der Waals surface area contributed by atoms with Gasteiger partial charge in [-0.3, -0.25) is 0 Å². The third-order valence-electron chi connectivity index (χ3n) is 3.92. The van der Waals surface area contributed by atoms with E-state index in [1.54, 1.807) is 18.3 Å². The van der Waals surface area contributed by atoms with E-state index in [0.29, 0.717) is 10.7 Å². The molecule has 1 fully saturated rings.